The Bertz CT molecular complexity index is 461. The number of fused-ring (bicyclic) bond motifs is 5. The minimum Gasteiger partial charge on any atom is -0.106 e. The number of allylic oxidation sites excluding steroid dienone is 2. The predicted octanol–water partition coefficient (Wildman–Crippen LogP) is 7.83. The number of hydrogen-bond donors (Lipinski definition) is 0. The largest absolute Gasteiger partial charge is 0.106 e. The van der Waals surface area contributed by atoms with E-state index in [0.717, 1.165) is 29.6 Å². The van der Waals surface area contributed by atoms with E-state index in [4.69, 9.17) is 0 Å². The van der Waals surface area contributed by atoms with E-state index in [0.29, 0.717) is 10.8 Å². The summed E-state index contributed by atoms with van der Waals surface area (Å²) < 4.78 is 0. The molecule has 7 atom stereocenters. The van der Waals surface area contributed by atoms with Gasteiger partial charge in [0, 0.05) is 0 Å². The van der Waals surface area contributed by atoms with E-state index in [-0.39, 0.29) is 0 Å². The van der Waals surface area contributed by atoms with Gasteiger partial charge in [0.25, 0.3) is 0 Å². The fourth-order valence-corrected chi connectivity index (χ4v) is 7.44. The fourth-order valence-electron chi connectivity index (χ4n) is 7.44. The molecule has 0 spiro atoms. The maximum Gasteiger partial charge on any atom is -0.0143 e. The molecule has 0 amide bonds. The monoisotopic (exact) mass is 342 g/mol. The van der Waals surface area contributed by atoms with Crippen LogP contribution in [0, 0.1) is 40.4 Å². The normalized spacial score (nSPS) is 47.1. The van der Waals surface area contributed by atoms with Gasteiger partial charge >= 0.3 is 0 Å². The van der Waals surface area contributed by atoms with Crippen LogP contribution in [0.3, 0.4) is 0 Å². The lowest BCUT2D eigenvalue weighted by Crippen LogP contribution is -2.52. The predicted molar refractivity (Wildman–Crippen MR) is 113 cm³/mol. The average Bonchev–Trinajstić information content (AvgIpc) is 3.01. The topological polar surface area (TPSA) is 0 Å². The van der Waals surface area contributed by atoms with E-state index < -0.39 is 0 Å². The first-order valence-corrected chi connectivity index (χ1v) is 10.8. The van der Waals surface area contributed by atoms with Gasteiger partial charge in [-0.25, -0.2) is 0 Å². The maximum atomic E-state index is 3.00. The van der Waals surface area contributed by atoms with Gasteiger partial charge in [-0.1, -0.05) is 45.8 Å². The molecule has 0 aromatic rings. The highest BCUT2D eigenvalue weighted by Gasteiger charge is 2.57. The van der Waals surface area contributed by atoms with Crippen LogP contribution in [-0.4, -0.2) is 0 Å². The van der Waals surface area contributed by atoms with Crippen LogP contribution in [0.1, 0.15) is 78.6 Å². The molecular formula is C25H42. The molecule has 0 saturated heterocycles. The van der Waals surface area contributed by atoms with Crippen molar-refractivity contribution in [3.63, 3.8) is 0 Å². The molecule has 3 fully saturated rings. The summed E-state index contributed by atoms with van der Waals surface area (Å²) in [5.74, 6) is 4.87. The van der Waals surface area contributed by atoms with E-state index in [1.165, 1.54) is 57.8 Å². The van der Waals surface area contributed by atoms with Gasteiger partial charge in [-0.05, 0) is 85.4 Å². The number of rotatable bonds is 1. The van der Waals surface area contributed by atoms with Crippen LogP contribution in [0.15, 0.2) is 38.5 Å². The number of hydrogen-bond acceptors (Lipinski definition) is 0. The smallest absolute Gasteiger partial charge is 0.0143 e. The Balaban J connectivity index is 0.000000528. The highest BCUT2D eigenvalue weighted by molar-refractivity contribution is 5.18. The molecule has 25 heavy (non-hydrogen) atoms. The molecule has 0 radical (unpaired) electrons. The van der Waals surface area contributed by atoms with Crippen molar-refractivity contribution in [2.24, 2.45) is 40.4 Å². The van der Waals surface area contributed by atoms with Gasteiger partial charge in [-0.2, -0.15) is 0 Å². The van der Waals surface area contributed by atoms with Crippen LogP contribution in [-0.2, 0) is 0 Å². The molecular weight excluding hydrogens is 300 g/mol. The molecule has 3 saturated carbocycles. The van der Waals surface area contributed by atoms with Gasteiger partial charge < -0.3 is 0 Å². The second-order valence-electron chi connectivity index (χ2n) is 9.27. The summed E-state index contributed by atoms with van der Waals surface area (Å²) in [5.41, 5.74) is 1.30. The average molecular weight is 343 g/mol. The van der Waals surface area contributed by atoms with Crippen molar-refractivity contribution < 1.29 is 0 Å². The lowest BCUT2D eigenvalue weighted by atomic mass is 9.44. The molecule has 0 aromatic carbocycles. The third kappa shape index (κ3) is 3.19. The molecule has 1 unspecified atom stereocenters. The zero-order valence-electron chi connectivity index (χ0n) is 17.2. The molecule has 0 nitrogen and oxygen atoms in total. The van der Waals surface area contributed by atoms with Crippen LogP contribution < -0.4 is 0 Å². The molecule has 0 heterocycles. The molecule has 0 aliphatic heterocycles. The third-order valence-corrected chi connectivity index (χ3v) is 8.72. The Kier molecular flexibility index (Phi) is 6.80. The van der Waals surface area contributed by atoms with Crippen LogP contribution in [0.5, 0.6) is 0 Å². The van der Waals surface area contributed by atoms with Crippen molar-refractivity contribution in [3.8, 4) is 0 Å². The fraction of sp³-hybridized carbons (Fsp3) is 0.760. The molecule has 4 aliphatic rings. The zero-order valence-corrected chi connectivity index (χ0v) is 17.2. The summed E-state index contributed by atoms with van der Waals surface area (Å²) in [7, 11) is 0. The molecule has 4 rings (SSSR count). The first-order chi connectivity index (χ1) is 12.1. The molecule has 142 valence electrons. The molecule has 4 aliphatic carbocycles. The van der Waals surface area contributed by atoms with Crippen molar-refractivity contribution in [1.29, 1.82) is 0 Å². The van der Waals surface area contributed by atoms with E-state index in [1.807, 2.05) is 0 Å². The zero-order chi connectivity index (χ0) is 18.7. The molecule has 0 aromatic heterocycles. The summed E-state index contributed by atoms with van der Waals surface area (Å²) in [5, 5.41) is 0. The van der Waals surface area contributed by atoms with Gasteiger partial charge in [0.1, 0.15) is 0 Å². The Morgan fingerprint density at radius 2 is 1.56 bits per heavy atom. The summed E-state index contributed by atoms with van der Waals surface area (Å²) in [4.78, 5) is 0. The highest BCUT2D eigenvalue weighted by Crippen LogP contribution is 2.66. The summed E-state index contributed by atoms with van der Waals surface area (Å²) in [6.45, 7) is 19.7. The minimum absolute atomic E-state index is 0.605. The van der Waals surface area contributed by atoms with Crippen LogP contribution in [0.2, 0.25) is 0 Å². The Hall–Kier alpha value is -0.780. The van der Waals surface area contributed by atoms with Crippen molar-refractivity contribution >= 4 is 0 Å². The maximum absolute atomic E-state index is 3.00. The summed E-state index contributed by atoms with van der Waals surface area (Å²) in [6.07, 6.45) is 18.8. The van der Waals surface area contributed by atoms with Gasteiger partial charge in [0.15, 0.2) is 0 Å². The van der Waals surface area contributed by atoms with Gasteiger partial charge in [-0.3, -0.25) is 0 Å². The molecule has 0 heteroatoms. The van der Waals surface area contributed by atoms with Crippen molar-refractivity contribution in [3.05, 3.63) is 38.5 Å². The Morgan fingerprint density at radius 3 is 2.24 bits per heavy atom. The lowest BCUT2D eigenvalue weighted by Gasteiger charge is -2.60. The van der Waals surface area contributed by atoms with Crippen molar-refractivity contribution in [2.75, 3.05) is 0 Å². The lowest BCUT2D eigenvalue weighted by molar-refractivity contribution is -0.104. The first kappa shape index (κ1) is 20.5. The van der Waals surface area contributed by atoms with E-state index in [2.05, 4.69) is 59.2 Å². The van der Waals surface area contributed by atoms with Crippen LogP contribution in [0.4, 0.5) is 0 Å². The summed E-state index contributed by atoms with van der Waals surface area (Å²) in [6, 6.07) is 0. The Labute approximate surface area is 157 Å². The standard InChI is InChI=1S/C21H34.2C2H4/c1-4-15-9-11-18-17-10-8-16-7-5-6-13-20(16,2)19(17)12-14-21(15,18)3;2*1-2/h9,11,15-19H,4-8,10,12-14H2,1-3H3;2*1-2H2/t15-,16?,17-,18-,19-,20-,21+;;/m0../s1. The molecule has 0 bridgehead atoms. The van der Waals surface area contributed by atoms with Crippen molar-refractivity contribution in [1.82, 2.24) is 0 Å². The SMILES string of the molecule is C=C.C=C.CC[C@H]1C=C[C@H]2[C@@H]3CCC4CCCC[C@]4(C)[C@H]3CC[C@]12C. The highest BCUT2D eigenvalue weighted by atomic mass is 14.6. The third-order valence-electron chi connectivity index (χ3n) is 8.72. The van der Waals surface area contributed by atoms with E-state index >= 15 is 0 Å². The molecule has 0 N–H and O–H groups in total. The van der Waals surface area contributed by atoms with Crippen LogP contribution in [0.25, 0.3) is 0 Å². The van der Waals surface area contributed by atoms with Crippen LogP contribution >= 0.6 is 0 Å². The van der Waals surface area contributed by atoms with E-state index in [9.17, 15) is 0 Å². The second-order valence-corrected chi connectivity index (χ2v) is 9.27. The second kappa shape index (κ2) is 8.28. The Morgan fingerprint density at radius 1 is 0.840 bits per heavy atom. The van der Waals surface area contributed by atoms with E-state index in [1.54, 1.807) is 0 Å². The van der Waals surface area contributed by atoms with Crippen molar-refractivity contribution in [2.45, 2.75) is 78.6 Å². The van der Waals surface area contributed by atoms with Gasteiger partial charge in [0.05, 0.1) is 0 Å². The minimum atomic E-state index is 0.605. The van der Waals surface area contributed by atoms with Gasteiger partial charge in [-0.15, -0.1) is 26.3 Å². The quantitative estimate of drug-likeness (QED) is 0.426. The first-order valence-electron chi connectivity index (χ1n) is 10.8. The van der Waals surface area contributed by atoms with Gasteiger partial charge in [0.2, 0.25) is 0 Å². The summed E-state index contributed by atoms with van der Waals surface area (Å²) >= 11 is 0.